The van der Waals surface area contributed by atoms with Crippen molar-refractivity contribution in [2.75, 3.05) is 33.4 Å². The fourth-order valence-corrected chi connectivity index (χ4v) is 4.21. The number of fused-ring (bicyclic) bond motifs is 2. The van der Waals surface area contributed by atoms with Gasteiger partial charge in [-0.15, -0.1) is 6.58 Å². The van der Waals surface area contributed by atoms with Crippen LogP contribution < -0.4 is 5.32 Å². The molecule has 1 fully saturated rings. The van der Waals surface area contributed by atoms with Gasteiger partial charge in [0.1, 0.15) is 6.61 Å². The summed E-state index contributed by atoms with van der Waals surface area (Å²) in [5.41, 5.74) is 2.93. The van der Waals surface area contributed by atoms with Crippen LogP contribution in [0, 0.1) is 0 Å². The molecule has 1 aliphatic carbocycles. The number of hydrogen-bond acceptors (Lipinski definition) is 3. The van der Waals surface area contributed by atoms with Crippen molar-refractivity contribution in [2.24, 2.45) is 0 Å². The van der Waals surface area contributed by atoms with Crippen LogP contribution in [0.1, 0.15) is 36.4 Å². The van der Waals surface area contributed by atoms with E-state index in [2.05, 4.69) is 41.1 Å². The van der Waals surface area contributed by atoms with Crippen molar-refractivity contribution < 1.29 is 9.53 Å². The van der Waals surface area contributed by atoms with E-state index in [4.69, 9.17) is 4.74 Å². The molecule has 124 valence electrons. The Balaban J connectivity index is 1.79. The molecule has 4 heteroatoms. The first-order valence-electron chi connectivity index (χ1n) is 8.39. The van der Waals surface area contributed by atoms with Crippen molar-refractivity contribution in [1.29, 1.82) is 0 Å². The van der Waals surface area contributed by atoms with Crippen LogP contribution in [0.5, 0.6) is 0 Å². The molecule has 0 radical (unpaired) electrons. The van der Waals surface area contributed by atoms with E-state index in [1.165, 1.54) is 11.1 Å². The van der Waals surface area contributed by atoms with Gasteiger partial charge in [0.25, 0.3) is 0 Å². The summed E-state index contributed by atoms with van der Waals surface area (Å²) in [6.45, 7) is 7.12. The molecule has 0 saturated carbocycles. The van der Waals surface area contributed by atoms with Crippen LogP contribution in [-0.2, 0) is 14.9 Å². The number of rotatable bonds is 5. The summed E-state index contributed by atoms with van der Waals surface area (Å²) >= 11 is 0. The van der Waals surface area contributed by atoms with Crippen molar-refractivity contribution in [3.05, 3.63) is 48.0 Å². The molecule has 1 unspecified atom stereocenters. The van der Waals surface area contributed by atoms with E-state index in [0.717, 1.165) is 38.9 Å². The van der Waals surface area contributed by atoms with Crippen molar-refractivity contribution in [3.8, 4) is 0 Å². The second-order valence-electron chi connectivity index (χ2n) is 6.71. The lowest BCUT2D eigenvalue weighted by Crippen LogP contribution is -2.42. The number of nitrogens with one attached hydrogen (secondary N) is 1. The van der Waals surface area contributed by atoms with Crippen LogP contribution >= 0.6 is 0 Å². The smallest absolute Gasteiger partial charge is 0.246 e. The molecule has 3 rings (SSSR count). The first kappa shape index (κ1) is 16.2. The maximum absolute atomic E-state index is 12.0. The molecule has 0 aromatic heterocycles. The van der Waals surface area contributed by atoms with E-state index in [1.54, 1.807) is 7.11 Å². The Kier molecular flexibility index (Phi) is 4.83. The van der Waals surface area contributed by atoms with Crippen LogP contribution in [0.4, 0.5) is 0 Å². The summed E-state index contributed by atoms with van der Waals surface area (Å²) in [6.07, 6.45) is 5.28. The molecule has 0 bridgehead atoms. The van der Waals surface area contributed by atoms with Crippen LogP contribution in [-0.4, -0.2) is 44.2 Å². The molecule has 1 aromatic carbocycles. The number of carbonyl (C=O) groups excluding carboxylic acids is 1. The number of ether oxygens (including phenoxy) is 1. The second kappa shape index (κ2) is 6.85. The Hall–Kier alpha value is -1.65. The molecule has 1 aliphatic heterocycles. The topological polar surface area (TPSA) is 41.6 Å². The highest BCUT2D eigenvalue weighted by molar-refractivity contribution is 5.78. The molecule has 1 atom stereocenters. The molecule has 1 heterocycles. The number of amides is 1. The summed E-state index contributed by atoms with van der Waals surface area (Å²) in [5.74, 6) is -0.0338. The Morgan fingerprint density at radius 3 is 2.87 bits per heavy atom. The molecule has 2 aliphatic rings. The largest absolute Gasteiger partial charge is 0.375 e. The number of likely N-dealkylation sites (tertiary alicyclic amines) is 1. The van der Waals surface area contributed by atoms with Gasteiger partial charge >= 0.3 is 0 Å². The van der Waals surface area contributed by atoms with E-state index in [-0.39, 0.29) is 24.0 Å². The number of methoxy groups -OCH3 is 1. The van der Waals surface area contributed by atoms with Gasteiger partial charge in [0.15, 0.2) is 0 Å². The number of carbonyl (C=O) groups is 1. The first-order valence-corrected chi connectivity index (χ1v) is 8.39. The normalized spacial score (nSPS) is 22.7. The predicted molar refractivity (Wildman–Crippen MR) is 91.4 cm³/mol. The second-order valence-corrected chi connectivity index (χ2v) is 6.71. The van der Waals surface area contributed by atoms with E-state index < -0.39 is 0 Å². The first-order chi connectivity index (χ1) is 11.2. The molecule has 23 heavy (non-hydrogen) atoms. The van der Waals surface area contributed by atoms with Gasteiger partial charge in [0, 0.05) is 19.1 Å². The fraction of sp³-hybridized carbons (Fsp3) is 0.526. The van der Waals surface area contributed by atoms with Gasteiger partial charge in [0.05, 0.1) is 6.04 Å². The minimum Gasteiger partial charge on any atom is -0.375 e. The van der Waals surface area contributed by atoms with Crippen molar-refractivity contribution in [1.82, 2.24) is 10.2 Å². The number of nitrogens with zero attached hydrogens (tertiary/aromatic N) is 1. The highest BCUT2D eigenvalue weighted by Crippen LogP contribution is 2.50. The monoisotopic (exact) mass is 314 g/mol. The van der Waals surface area contributed by atoms with Crippen molar-refractivity contribution in [2.45, 2.75) is 30.7 Å². The van der Waals surface area contributed by atoms with E-state index >= 15 is 0 Å². The molecule has 1 saturated heterocycles. The lowest BCUT2D eigenvalue weighted by Gasteiger charge is -2.40. The quantitative estimate of drug-likeness (QED) is 0.849. The Morgan fingerprint density at radius 2 is 2.17 bits per heavy atom. The maximum Gasteiger partial charge on any atom is 0.246 e. The maximum atomic E-state index is 12.0. The summed E-state index contributed by atoms with van der Waals surface area (Å²) < 4.78 is 4.95. The third-order valence-corrected chi connectivity index (χ3v) is 5.31. The summed E-state index contributed by atoms with van der Waals surface area (Å²) in [4.78, 5) is 14.4. The minimum absolute atomic E-state index is 0.0338. The molecule has 4 nitrogen and oxygen atoms in total. The van der Waals surface area contributed by atoms with Gasteiger partial charge in [-0.25, -0.2) is 0 Å². The molecule has 1 N–H and O–H groups in total. The number of hydrogen-bond donors (Lipinski definition) is 1. The van der Waals surface area contributed by atoms with Crippen LogP contribution in [0.25, 0.3) is 0 Å². The fourth-order valence-electron chi connectivity index (χ4n) is 4.21. The zero-order valence-electron chi connectivity index (χ0n) is 13.9. The van der Waals surface area contributed by atoms with E-state index in [9.17, 15) is 4.79 Å². The van der Waals surface area contributed by atoms with Crippen LogP contribution in [0.15, 0.2) is 36.9 Å². The van der Waals surface area contributed by atoms with Gasteiger partial charge in [-0.3, -0.25) is 9.69 Å². The number of piperidine rings is 1. The molecule has 1 amide bonds. The third kappa shape index (κ3) is 3.19. The van der Waals surface area contributed by atoms with Gasteiger partial charge in [0.2, 0.25) is 5.91 Å². The average Bonchev–Trinajstić information content (AvgIpc) is 2.85. The van der Waals surface area contributed by atoms with Gasteiger partial charge < -0.3 is 10.1 Å². The van der Waals surface area contributed by atoms with Gasteiger partial charge in [-0.2, -0.15) is 0 Å². The zero-order chi connectivity index (χ0) is 16.3. The van der Waals surface area contributed by atoms with E-state index in [0.29, 0.717) is 0 Å². The predicted octanol–water partition coefficient (Wildman–Crippen LogP) is 2.41. The summed E-state index contributed by atoms with van der Waals surface area (Å²) in [5, 5.41) is 3.15. The lowest BCUT2D eigenvalue weighted by molar-refractivity contribution is -0.125. The molecule has 1 spiro atoms. The molecular formula is C19H26N2O2. The SMILES string of the molecule is C=CCN1CCC2(CC1)CC(NC(=O)COC)c1ccccc12. The standard InChI is InChI=1S/C19H26N2O2/c1-3-10-21-11-8-19(9-12-21)13-17(20-18(22)14-23-2)15-6-4-5-7-16(15)19/h3-7,17H,1,8-14H2,2H3,(H,20,22). The third-order valence-electron chi connectivity index (χ3n) is 5.31. The highest BCUT2D eigenvalue weighted by atomic mass is 16.5. The van der Waals surface area contributed by atoms with E-state index in [1.807, 2.05) is 6.08 Å². The lowest BCUT2D eigenvalue weighted by atomic mass is 9.73. The summed E-state index contributed by atoms with van der Waals surface area (Å²) in [7, 11) is 1.55. The Bertz CT molecular complexity index is 576. The number of benzene rings is 1. The summed E-state index contributed by atoms with van der Waals surface area (Å²) in [6, 6.07) is 8.72. The molecule has 1 aromatic rings. The Labute approximate surface area is 138 Å². The van der Waals surface area contributed by atoms with Crippen LogP contribution in [0.3, 0.4) is 0 Å². The minimum atomic E-state index is -0.0338. The highest BCUT2D eigenvalue weighted by Gasteiger charge is 2.45. The Morgan fingerprint density at radius 1 is 1.43 bits per heavy atom. The van der Waals surface area contributed by atoms with Crippen molar-refractivity contribution in [3.63, 3.8) is 0 Å². The average molecular weight is 314 g/mol. The van der Waals surface area contributed by atoms with Gasteiger partial charge in [-0.05, 0) is 43.5 Å². The van der Waals surface area contributed by atoms with Gasteiger partial charge in [-0.1, -0.05) is 30.3 Å². The zero-order valence-corrected chi connectivity index (χ0v) is 13.9. The van der Waals surface area contributed by atoms with Crippen molar-refractivity contribution >= 4 is 5.91 Å². The molecular weight excluding hydrogens is 288 g/mol. The van der Waals surface area contributed by atoms with Crippen LogP contribution in [0.2, 0.25) is 0 Å².